The number of hydrogen-bond donors (Lipinski definition) is 2. The fourth-order valence-electron chi connectivity index (χ4n) is 4.44. The van der Waals surface area contributed by atoms with Crippen LogP contribution in [-0.2, 0) is 28.9 Å². The van der Waals surface area contributed by atoms with Crippen molar-refractivity contribution in [3.8, 4) is 5.75 Å². The first-order chi connectivity index (χ1) is 16.0. The lowest BCUT2D eigenvalue weighted by atomic mass is 9.93. The van der Waals surface area contributed by atoms with E-state index < -0.39 is 37.5 Å². The molecule has 0 amide bonds. The van der Waals surface area contributed by atoms with E-state index >= 15 is 0 Å². The minimum atomic E-state index is -4.51. The number of fused-ring (bicyclic) bond motifs is 2. The van der Waals surface area contributed by atoms with Crippen molar-refractivity contribution < 1.29 is 32.7 Å². The van der Waals surface area contributed by atoms with Crippen LogP contribution >= 0.6 is 19.4 Å². The number of halogens is 1. The molecule has 5 rings (SSSR count). The van der Waals surface area contributed by atoms with Crippen molar-refractivity contribution in [1.29, 1.82) is 0 Å². The molecule has 0 spiro atoms. The number of hydrogen-bond acceptors (Lipinski definition) is 9. The summed E-state index contributed by atoms with van der Waals surface area (Å²) in [4.78, 5) is 14.3. The maximum atomic E-state index is 12.6. The molecule has 2 aromatic heterocycles. The molecule has 11 nitrogen and oxygen atoms in total. The maximum absolute atomic E-state index is 12.6. The summed E-state index contributed by atoms with van der Waals surface area (Å²) in [5, 5.41) is 4.49. The van der Waals surface area contributed by atoms with Gasteiger partial charge in [-0.15, -0.1) is 0 Å². The Hall–Kier alpha value is -2.24. The average Bonchev–Trinajstić information content (AvgIpc) is 3.41. The number of phosphoric ester groups is 1. The SMILES string of the molecule is CC1(C)O[C@H]2[C@@H](O1)[C@](C)(c1ccc3c(N)ncnn13)O[C@@H]2COP(=O)(O)Oc1ccccc1Cl. The summed E-state index contributed by atoms with van der Waals surface area (Å²) in [6.45, 7) is 5.12. The van der Waals surface area contributed by atoms with Crippen molar-refractivity contribution in [3.63, 3.8) is 0 Å². The van der Waals surface area contributed by atoms with Gasteiger partial charge in [0.2, 0.25) is 0 Å². The van der Waals surface area contributed by atoms with Gasteiger partial charge in [0.15, 0.2) is 11.6 Å². The van der Waals surface area contributed by atoms with E-state index in [0.29, 0.717) is 17.0 Å². The number of benzene rings is 1. The molecule has 34 heavy (non-hydrogen) atoms. The zero-order valence-corrected chi connectivity index (χ0v) is 20.3. The molecule has 13 heteroatoms. The van der Waals surface area contributed by atoms with Gasteiger partial charge < -0.3 is 24.5 Å². The molecule has 4 heterocycles. The summed E-state index contributed by atoms with van der Waals surface area (Å²) >= 11 is 6.02. The number of aromatic nitrogens is 3. The van der Waals surface area contributed by atoms with Gasteiger partial charge in [-0.1, -0.05) is 23.7 Å². The number of nitrogen functional groups attached to an aromatic ring is 1. The van der Waals surface area contributed by atoms with Crippen LogP contribution in [0.25, 0.3) is 5.52 Å². The van der Waals surface area contributed by atoms with Gasteiger partial charge in [-0.25, -0.2) is 14.1 Å². The molecule has 1 aromatic carbocycles. The van der Waals surface area contributed by atoms with E-state index in [1.54, 1.807) is 36.6 Å². The van der Waals surface area contributed by atoms with Crippen molar-refractivity contribution >= 4 is 30.8 Å². The number of nitrogens with two attached hydrogens (primary N) is 1. The van der Waals surface area contributed by atoms with Gasteiger partial charge in [0.25, 0.3) is 0 Å². The molecule has 2 saturated heterocycles. The lowest BCUT2D eigenvalue weighted by molar-refractivity contribution is -0.212. The molecule has 0 saturated carbocycles. The summed E-state index contributed by atoms with van der Waals surface area (Å²) in [5.41, 5.74) is 6.23. The number of anilines is 1. The molecule has 2 aliphatic heterocycles. The average molecular weight is 511 g/mol. The summed E-state index contributed by atoms with van der Waals surface area (Å²) < 4.78 is 43.3. The topological polar surface area (TPSA) is 140 Å². The van der Waals surface area contributed by atoms with Crippen LogP contribution < -0.4 is 10.3 Å². The quantitative estimate of drug-likeness (QED) is 0.474. The third kappa shape index (κ3) is 4.07. The normalized spacial score (nSPS) is 29.7. The molecule has 3 N–H and O–H groups in total. The Morgan fingerprint density at radius 1 is 1.21 bits per heavy atom. The van der Waals surface area contributed by atoms with Crippen molar-refractivity contribution in [1.82, 2.24) is 14.6 Å². The van der Waals surface area contributed by atoms with Gasteiger partial charge in [-0.05, 0) is 45.0 Å². The summed E-state index contributed by atoms with van der Waals surface area (Å²) in [6, 6.07) is 9.92. The van der Waals surface area contributed by atoms with Crippen LogP contribution in [0.1, 0.15) is 26.5 Å². The summed E-state index contributed by atoms with van der Waals surface area (Å²) in [6.07, 6.45) is -0.554. The van der Waals surface area contributed by atoms with Gasteiger partial charge in [0.05, 0.1) is 17.3 Å². The molecule has 182 valence electrons. The number of phosphoric acid groups is 1. The summed E-state index contributed by atoms with van der Waals surface area (Å²) in [7, 11) is -4.51. The highest BCUT2D eigenvalue weighted by atomic mass is 35.5. The number of para-hydroxylation sites is 1. The van der Waals surface area contributed by atoms with Gasteiger partial charge in [-0.3, -0.25) is 9.42 Å². The zero-order chi connectivity index (χ0) is 24.3. The fourth-order valence-corrected chi connectivity index (χ4v) is 5.46. The van der Waals surface area contributed by atoms with Crippen molar-refractivity contribution in [2.24, 2.45) is 0 Å². The van der Waals surface area contributed by atoms with Crippen LogP contribution in [0.2, 0.25) is 5.02 Å². The summed E-state index contributed by atoms with van der Waals surface area (Å²) in [5.74, 6) is -0.554. The van der Waals surface area contributed by atoms with Gasteiger partial charge in [0.1, 0.15) is 41.5 Å². The Morgan fingerprint density at radius 3 is 2.74 bits per heavy atom. The van der Waals surface area contributed by atoms with Crippen LogP contribution in [0.15, 0.2) is 42.7 Å². The number of rotatable bonds is 6. The molecule has 0 radical (unpaired) electrons. The molecule has 5 atom stereocenters. The molecular formula is C21H24ClN4O7P. The minimum Gasteiger partial charge on any atom is -0.403 e. The van der Waals surface area contributed by atoms with Crippen LogP contribution in [0.4, 0.5) is 5.82 Å². The molecule has 1 unspecified atom stereocenters. The first-order valence-corrected chi connectivity index (χ1v) is 12.4. The van der Waals surface area contributed by atoms with Crippen LogP contribution in [0.3, 0.4) is 0 Å². The Labute approximate surface area is 200 Å². The monoisotopic (exact) mass is 510 g/mol. The predicted octanol–water partition coefficient (Wildman–Crippen LogP) is 3.30. The van der Waals surface area contributed by atoms with Crippen LogP contribution in [0.5, 0.6) is 5.75 Å². The largest absolute Gasteiger partial charge is 0.527 e. The third-order valence-corrected chi connectivity index (χ3v) is 7.09. The first kappa shape index (κ1) is 23.5. The fraction of sp³-hybridized carbons (Fsp3) is 0.429. The molecule has 2 fully saturated rings. The van der Waals surface area contributed by atoms with Crippen LogP contribution in [-0.4, -0.2) is 50.2 Å². The first-order valence-electron chi connectivity index (χ1n) is 10.5. The third-order valence-electron chi connectivity index (χ3n) is 5.88. The second kappa shape index (κ2) is 8.17. The lowest BCUT2D eigenvalue weighted by Gasteiger charge is -2.31. The van der Waals surface area contributed by atoms with E-state index in [0.717, 1.165) is 0 Å². The van der Waals surface area contributed by atoms with Crippen molar-refractivity contribution in [2.45, 2.75) is 50.5 Å². The highest BCUT2D eigenvalue weighted by Crippen LogP contribution is 2.51. The highest BCUT2D eigenvalue weighted by Gasteiger charge is 2.62. The van der Waals surface area contributed by atoms with E-state index in [2.05, 4.69) is 10.1 Å². The molecular weight excluding hydrogens is 487 g/mol. The Morgan fingerprint density at radius 2 is 1.97 bits per heavy atom. The van der Waals surface area contributed by atoms with Gasteiger partial charge >= 0.3 is 7.82 Å². The van der Waals surface area contributed by atoms with E-state index in [9.17, 15) is 9.46 Å². The van der Waals surface area contributed by atoms with E-state index in [4.69, 9.17) is 40.6 Å². The molecule has 2 aliphatic rings. The van der Waals surface area contributed by atoms with E-state index in [1.807, 2.05) is 13.0 Å². The maximum Gasteiger partial charge on any atom is 0.527 e. The van der Waals surface area contributed by atoms with Crippen molar-refractivity contribution in [3.05, 3.63) is 53.4 Å². The Balaban J connectivity index is 1.41. The van der Waals surface area contributed by atoms with Crippen LogP contribution in [0, 0.1) is 0 Å². The van der Waals surface area contributed by atoms with Gasteiger partial charge in [0, 0.05) is 0 Å². The molecule has 3 aromatic rings. The number of ether oxygens (including phenoxy) is 3. The molecule has 0 bridgehead atoms. The van der Waals surface area contributed by atoms with Crippen molar-refractivity contribution in [2.75, 3.05) is 12.3 Å². The second-order valence-corrected chi connectivity index (χ2v) is 10.5. The Bertz CT molecular complexity index is 1290. The number of nitrogens with zero attached hydrogens (tertiary/aromatic N) is 3. The predicted molar refractivity (Wildman–Crippen MR) is 121 cm³/mol. The molecule has 0 aliphatic carbocycles. The standard InChI is InChI=1S/C21H24ClN4O7P/c1-20(2)31-17-15(10-29-34(27,28)33-14-7-5-4-6-12(14)22)30-21(3,18(17)32-20)16-9-8-13-19(23)24-11-25-26(13)16/h4-9,11,15,17-18H,10H2,1-3H3,(H,27,28)(H2,23,24,25)/t15-,17-,18-,21+/m1/s1. The lowest BCUT2D eigenvalue weighted by Crippen LogP contribution is -2.39. The Kier molecular flexibility index (Phi) is 5.64. The van der Waals surface area contributed by atoms with Gasteiger partial charge in [-0.2, -0.15) is 5.10 Å². The second-order valence-electron chi connectivity index (χ2n) is 8.73. The highest BCUT2D eigenvalue weighted by molar-refractivity contribution is 7.47. The smallest absolute Gasteiger partial charge is 0.403 e. The zero-order valence-electron chi connectivity index (χ0n) is 18.6. The van der Waals surface area contributed by atoms with E-state index in [1.165, 1.54) is 18.5 Å². The minimum absolute atomic E-state index is 0.0311. The van der Waals surface area contributed by atoms with E-state index in [-0.39, 0.29) is 17.4 Å².